The van der Waals surface area contributed by atoms with Crippen LogP contribution in [0.2, 0.25) is 0 Å². The molecule has 0 N–H and O–H groups in total. The zero-order valence-corrected chi connectivity index (χ0v) is 19.5. The number of carbonyl (C=O) groups is 1. The van der Waals surface area contributed by atoms with Crippen molar-refractivity contribution >= 4 is 22.9 Å². The van der Waals surface area contributed by atoms with Crippen LogP contribution in [0.25, 0.3) is 28.1 Å². The molecule has 3 aromatic carbocycles. The van der Waals surface area contributed by atoms with E-state index in [0.717, 1.165) is 22.6 Å². The Morgan fingerprint density at radius 3 is 2.57 bits per heavy atom. The van der Waals surface area contributed by atoms with Crippen LogP contribution >= 0.6 is 0 Å². The highest BCUT2D eigenvalue weighted by Crippen LogP contribution is 2.39. The number of piperidine rings is 1. The summed E-state index contributed by atoms with van der Waals surface area (Å²) in [6, 6.07) is 22.7. The third kappa shape index (κ3) is 3.97. The topological polar surface area (TPSA) is 42.4 Å². The maximum atomic E-state index is 13.9. The number of amides is 1. The first-order chi connectivity index (χ1) is 17.0. The summed E-state index contributed by atoms with van der Waals surface area (Å²) >= 11 is 0. The van der Waals surface area contributed by atoms with Gasteiger partial charge in [-0.05, 0) is 60.5 Å². The average molecular weight is 465 g/mol. The minimum absolute atomic E-state index is 0.0892. The molecule has 0 unspecified atom stereocenters. The monoisotopic (exact) mass is 464 g/mol. The summed E-state index contributed by atoms with van der Waals surface area (Å²) in [4.78, 5) is 19.7. The maximum Gasteiger partial charge on any atom is 0.254 e. The molecule has 2 aliphatic heterocycles. The Bertz CT molecular complexity index is 1470. The third-order valence-electron chi connectivity index (χ3n) is 7.02. The number of nitrogens with zero attached hydrogens (tertiary/aromatic N) is 2. The zero-order valence-electron chi connectivity index (χ0n) is 19.5. The summed E-state index contributed by atoms with van der Waals surface area (Å²) in [6.45, 7) is 2.99. The van der Waals surface area contributed by atoms with Gasteiger partial charge in [-0.15, -0.1) is 0 Å². The minimum atomic E-state index is -0.416. The van der Waals surface area contributed by atoms with E-state index in [1.165, 1.54) is 17.7 Å². The zero-order chi connectivity index (χ0) is 24.0. The summed E-state index contributed by atoms with van der Waals surface area (Å²) in [7, 11) is 0. The van der Waals surface area contributed by atoms with Crippen molar-refractivity contribution < 1.29 is 13.9 Å². The first kappa shape index (κ1) is 21.5. The second kappa shape index (κ2) is 8.35. The molecular weight excluding hydrogens is 439 g/mol. The van der Waals surface area contributed by atoms with Gasteiger partial charge in [0.05, 0.1) is 11.1 Å². The molecular formula is C30H25FN2O2. The Morgan fingerprint density at radius 1 is 0.971 bits per heavy atom. The molecule has 3 heterocycles. The number of rotatable bonds is 2. The molecule has 0 radical (unpaired) electrons. The van der Waals surface area contributed by atoms with Gasteiger partial charge in [0.15, 0.2) is 0 Å². The van der Waals surface area contributed by atoms with Crippen molar-refractivity contribution in [2.45, 2.75) is 25.4 Å². The smallest absolute Gasteiger partial charge is 0.254 e. The van der Waals surface area contributed by atoms with E-state index in [0.29, 0.717) is 42.4 Å². The molecule has 6 rings (SSSR count). The van der Waals surface area contributed by atoms with Crippen molar-refractivity contribution in [3.8, 4) is 16.9 Å². The van der Waals surface area contributed by atoms with Crippen molar-refractivity contribution in [2.24, 2.45) is 0 Å². The summed E-state index contributed by atoms with van der Waals surface area (Å²) < 4.78 is 20.4. The predicted octanol–water partition coefficient (Wildman–Crippen LogP) is 6.43. The van der Waals surface area contributed by atoms with Gasteiger partial charge in [-0.3, -0.25) is 9.78 Å². The highest BCUT2D eigenvalue weighted by Gasteiger charge is 2.38. The fraction of sp³-hybridized carbons (Fsp3) is 0.200. The number of pyridine rings is 1. The van der Waals surface area contributed by atoms with Gasteiger partial charge in [0.1, 0.15) is 17.2 Å². The number of fused-ring (bicyclic) bond motifs is 2. The molecule has 0 bridgehead atoms. The molecule has 174 valence electrons. The van der Waals surface area contributed by atoms with Gasteiger partial charge >= 0.3 is 0 Å². The van der Waals surface area contributed by atoms with Crippen molar-refractivity contribution in [3.05, 3.63) is 102 Å². The highest BCUT2D eigenvalue weighted by atomic mass is 19.1. The van der Waals surface area contributed by atoms with Crippen LogP contribution in [0.15, 0.2) is 78.9 Å². The van der Waals surface area contributed by atoms with E-state index in [2.05, 4.69) is 41.4 Å². The molecule has 4 aromatic rings. The third-order valence-corrected chi connectivity index (χ3v) is 7.02. The van der Waals surface area contributed by atoms with E-state index in [4.69, 9.17) is 4.74 Å². The van der Waals surface area contributed by atoms with Crippen LogP contribution in [0.1, 0.15) is 34.5 Å². The number of aromatic nitrogens is 1. The number of benzene rings is 3. The number of aryl methyl sites for hydroxylation is 1. The van der Waals surface area contributed by atoms with Crippen LogP contribution in [-0.2, 0) is 0 Å². The lowest BCUT2D eigenvalue weighted by Gasteiger charge is -2.42. The van der Waals surface area contributed by atoms with Gasteiger partial charge in [0.25, 0.3) is 5.91 Å². The quantitative estimate of drug-likeness (QED) is 0.343. The van der Waals surface area contributed by atoms with Crippen LogP contribution in [0.5, 0.6) is 5.75 Å². The molecule has 1 spiro atoms. The number of halogens is 1. The van der Waals surface area contributed by atoms with E-state index in [9.17, 15) is 9.18 Å². The van der Waals surface area contributed by atoms with E-state index in [-0.39, 0.29) is 11.7 Å². The van der Waals surface area contributed by atoms with Crippen LogP contribution in [0, 0.1) is 12.7 Å². The molecule has 0 saturated carbocycles. The molecule has 1 aromatic heterocycles. The molecule has 5 heteroatoms. The molecule has 1 saturated heterocycles. The predicted molar refractivity (Wildman–Crippen MR) is 136 cm³/mol. The van der Waals surface area contributed by atoms with Crippen LogP contribution in [0.3, 0.4) is 0 Å². The van der Waals surface area contributed by atoms with E-state index < -0.39 is 5.60 Å². The number of hydrogen-bond acceptors (Lipinski definition) is 3. The molecule has 0 atom stereocenters. The van der Waals surface area contributed by atoms with E-state index in [1.807, 2.05) is 36.1 Å². The summed E-state index contributed by atoms with van der Waals surface area (Å²) in [5.41, 5.74) is 4.86. The second-order valence-electron chi connectivity index (χ2n) is 9.38. The number of likely N-dealkylation sites (tertiary alicyclic amines) is 1. The lowest BCUT2D eigenvalue weighted by molar-refractivity contribution is 0.0330. The molecule has 35 heavy (non-hydrogen) atoms. The molecule has 1 amide bonds. The van der Waals surface area contributed by atoms with Crippen molar-refractivity contribution in [3.63, 3.8) is 0 Å². The first-order valence-corrected chi connectivity index (χ1v) is 11.9. The second-order valence-corrected chi connectivity index (χ2v) is 9.38. The Kier molecular flexibility index (Phi) is 5.14. The average Bonchev–Trinajstić information content (AvgIpc) is 2.89. The van der Waals surface area contributed by atoms with Gasteiger partial charge in [-0.1, -0.05) is 42.5 Å². The highest BCUT2D eigenvalue weighted by molar-refractivity contribution is 6.06. The summed E-state index contributed by atoms with van der Waals surface area (Å²) in [5, 5.41) is 0.554. The Labute approximate surface area is 203 Å². The van der Waals surface area contributed by atoms with Gasteiger partial charge in [0.2, 0.25) is 0 Å². The maximum absolute atomic E-state index is 13.9. The molecule has 2 aliphatic rings. The largest absolute Gasteiger partial charge is 0.482 e. The number of hydrogen-bond donors (Lipinski definition) is 0. The van der Waals surface area contributed by atoms with E-state index >= 15 is 0 Å². The van der Waals surface area contributed by atoms with Crippen molar-refractivity contribution in [2.75, 3.05) is 13.1 Å². The molecule has 4 nitrogen and oxygen atoms in total. The fourth-order valence-corrected chi connectivity index (χ4v) is 5.11. The van der Waals surface area contributed by atoms with Gasteiger partial charge < -0.3 is 9.64 Å². The Balaban J connectivity index is 1.21. The van der Waals surface area contributed by atoms with Crippen molar-refractivity contribution in [1.82, 2.24) is 9.88 Å². The normalized spacial score (nSPS) is 16.2. The Morgan fingerprint density at radius 2 is 1.77 bits per heavy atom. The van der Waals surface area contributed by atoms with Crippen LogP contribution in [-0.4, -0.2) is 34.5 Å². The lowest BCUT2D eigenvalue weighted by Crippen LogP contribution is -2.49. The SMILES string of the molecule is Cc1cc(C(=O)N2CCC3(C=Cc4cc(-c5ccccc5)ccc4O3)CC2)c2cc(F)ccc2n1. The molecule has 0 aliphatic carbocycles. The minimum Gasteiger partial charge on any atom is -0.482 e. The van der Waals surface area contributed by atoms with Gasteiger partial charge in [-0.2, -0.15) is 0 Å². The lowest BCUT2D eigenvalue weighted by atomic mass is 9.87. The molecule has 1 fully saturated rings. The van der Waals surface area contributed by atoms with Gasteiger partial charge in [-0.25, -0.2) is 4.39 Å². The van der Waals surface area contributed by atoms with E-state index in [1.54, 1.807) is 12.1 Å². The first-order valence-electron chi connectivity index (χ1n) is 11.9. The fourth-order valence-electron chi connectivity index (χ4n) is 5.11. The standard InChI is InChI=1S/C30H25FN2O2/c1-20-17-26(25-19-24(31)8-9-27(25)32-20)29(34)33-15-13-30(14-16-33)12-11-23-18-22(7-10-28(23)35-30)21-5-3-2-4-6-21/h2-12,17-19H,13-16H2,1H3. The van der Waals surface area contributed by atoms with Crippen LogP contribution < -0.4 is 4.74 Å². The Hall–Kier alpha value is -3.99. The number of carbonyl (C=O) groups excluding carboxylic acids is 1. The summed E-state index contributed by atoms with van der Waals surface area (Å²) in [5.74, 6) is 0.413. The van der Waals surface area contributed by atoms with Gasteiger partial charge in [0, 0.05) is 42.6 Å². The van der Waals surface area contributed by atoms with Crippen LogP contribution in [0.4, 0.5) is 4.39 Å². The number of ether oxygens (including phenoxy) is 1. The summed E-state index contributed by atoms with van der Waals surface area (Å²) in [6.07, 6.45) is 5.69. The van der Waals surface area contributed by atoms with Crippen molar-refractivity contribution in [1.29, 1.82) is 0 Å².